The molecule has 1 heterocycles. The molecule has 0 aromatic carbocycles. The van der Waals surface area contributed by atoms with Crippen molar-refractivity contribution in [1.82, 2.24) is 4.90 Å². The lowest BCUT2D eigenvalue weighted by Crippen LogP contribution is -2.51. The van der Waals surface area contributed by atoms with E-state index in [-0.39, 0.29) is 5.60 Å². The van der Waals surface area contributed by atoms with E-state index in [1.54, 1.807) is 7.11 Å². The maximum atomic E-state index is 6.03. The number of hydrogen-bond donors (Lipinski definition) is 1. The van der Waals surface area contributed by atoms with Crippen molar-refractivity contribution >= 4 is 0 Å². The van der Waals surface area contributed by atoms with Crippen LogP contribution in [0.2, 0.25) is 0 Å². The third kappa shape index (κ3) is 4.52. The van der Waals surface area contributed by atoms with Gasteiger partial charge in [-0.1, -0.05) is 19.8 Å². The van der Waals surface area contributed by atoms with Crippen LogP contribution in [0, 0.1) is 0 Å². The first-order chi connectivity index (χ1) is 8.54. The van der Waals surface area contributed by atoms with E-state index in [4.69, 9.17) is 10.5 Å². The number of methoxy groups -OCH3 is 1. The van der Waals surface area contributed by atoms with Crippen LogP contribution in [0.4, 0.5) is 0 Å². The number of piperidine rings is 1. The summed E-state index contributed by atoms with van der Waals surface area (Å²) in [5.41, 5.74) is 5.96. The molecule has 2 N–H and O–H groups in total. The fourth-order valence-corrected chi connectivity index (χ4v) is 3.13. The van der Waals surface area contributed by atoms with Gasteiger partial charge in [-0.15, -0.1) is 0 Å². The Morgan fingerprint density at radius 3 is 2.67 bits per heavy atom. The Bertz CT molecular complexity index is 229. The minimum Gasteiger partial charge on any atom is -0.379 e. The Morgan fingerprint density at radius 2 is 2.11 bits per heavy atom. The zero-order valence-electron chi connectivity index (χ0n) is 12.7. The highest BCUT2D eigenvalue weighted by Crippen LogP contribution is 2.27. The normalized spacial score (nSPS) is 24.2. The van der Waals surface area contributed by atoms with E-state index in [1.807, 2.05) is 0 Å². The standard InChI is InChI=1S/C15H32N2O/c1-5-8-13-9-6-7-10-17(13)14(12-16)11-15(2,3)18-4/h13-14H,5-12,16H2,1-4H3. The number of hydrogen-bond acceptors (Lipinski definition) is 3. The molecule has 3 nitrogen and oxygen atoms in total. The van der Waals surface area contributed by atoms with E-state index in [2.05, 4.69) is 25.7 Å². The summed E-state index contributed by atoms with van der Waals surface area (Å²) in [6, 6.07) is 1.21. The SMILES string of the molecule is CCCC1CCCCN1C(CN)CC(C)(C)OC. The summed E-state index contributed by atoms with van der Waals surface area (Å²) in [5, 5.41) is 0. The molecule has 1 aliphatic heterocycles. The molecule has 0 radical (unpaired) electrons. The summed E-state index contributed by atoms with van der Waals surface area (Å²) in [4.78, 5) is 2.66. The molecule has 108 valence electrons. The van der Waals surface area contributed by atoms with E-state index >= 15 is 0 Å². The average molecular weight is 256 g/mol. The summed E-state index contributed by atoms with van der Waals surface area (Å²) in [6.45, 7) is 8.56. The third-order valence-corrected chi connectivity index (χ3v) is 4.32. The Labute approximate surface area is 113 Å². The second-order valence-electron chi connectivity index (χ2n) is 6.23. The van der Waals surface area contributed by atoms with Gasteiger partial charge in [0.05, 0.1) is 5.60 Å². The van der Waals surface area contributed by atoms with Crippen LogP contribution in [-0.4, -0.2) is 42.8 Å². The monoisotopic (exact) mass is 256 g/mol. The van der Waals surface area contributed by atoms with Crippen LogP contribution >= 0.6 is 0 Å². The van der Waals surface area contributed by atoms with Crippen LogP contribution in [0.1, 0.15) is 59.3 Å². The predicted octanol–water partition coefficient (Wildman–Crippen LogP) is 2.78. The van der Waals surface area contributed by atoms with Gasteiger partial charge in [-0.3, -0.25) is 4.90 Å². The molecule has 0 aromatic rings. The summed E-state index contributed by atoms with van der Waals surface area (Å²) in [7, 11) is 1.80. The molecule has 2 unspecified atom stereocenters. The first-order valence-corrected chi connectivity index (χ1v) is 7.55. The molecule has 1 aliphatic rings. The zero-order chi connectivity index (χ0) is 13.6. The minimum atomic E-state index is -0.0712. The van der Waals surface area contributed by atoms with Gasteiger partial charge in [0.25, 0.3) is 0 Å². The van der Waals surface area contributed by atoms with Crippen LogP contribution < -0.4 is 5.73 Å². The second-order valence-corrected chi connectivity index (χ2v) is 6.23. The van der Waals surface area contributed by atoms with Crippen LogP contribution in [0.5, 0.6) is 0 Å². The van der Waals surface area contributed by atoms with Gasteiger partial charge in [0.2, 0.25) is 0 Å². The molecule has 0 aliphatic carbocycles. The lowest BCUT2D eigenvalue weighted by Gasteiger charge is -2.43. The van der Waals surface area contributed by atoms with Crippen molar-refractivity contribution in [3.63, 3.8) is 0 Å². The van der Waals surface area contributed by atoms with Gasteiger partial charge in [-0.25, -0.2) is 0 Å². The van der Waals surface area contributed by atoms with Gasteiger partial charge >= 0.3 is 0 Å². The molecule has 1 fully saturated rings. The zero-order valence-corrected chi connectivity index (χ0v) is 12.7. The van der Waals surface area contributed by atoms with Gasteiger partial charge in [0, 0.05) is 25.7 Å². The van der Waals surface area contributed by atoms with Crippen molar-refractivity contribution < 1.29 is 4.74 Å². The van der Waals surface area contributed by atoms with E-state index in [0.717, 1.165) is 19.0 Å². The van der Waals surface area contributed by atoms with Gasteiger partial charge in [-0.2, -0.15) is 0 Å². The quantitative estimate of drug-likeness (QED) is 0.761. The predicted molar refractivity (Wildman–Crippen MR) is 77.8 cm³/mol. The van der Waals surface area contributed by atoms with E-state index in [0.29, 0.717) is 6.04 Å². The molecule has 0 aromatic heterocycles. The molecule has 2 atom stereocenters. The van der Waals surface area contributed by atoms with Crippen molar-refractivity contribution in [3.8, 4) is 0 Å². The van der Waals surface area contributed by atoms with Crippen LogP contribution in [0.25, 0.3) is 0 Å². The second kappa shape index (κ2) is 7.46. The fraction of sp³-hybridized carbons (Fsp3) is 1.00. The maximum absolute atomic E-state index is 6.03. The maximum Gasteiger partial charge on any atom is 0.0638 e. The molecule has 0 bridgehead atoms. The summed E-state index contributed by atoms with van der Waals surface area (Å²) in [5.74, 6) is 0. The minimum absolute atomic E-state index is 0.0712. The molecular weight excluding hydrogens is 224 g/mol. The number of rotatable bonds is 7. The lowest BCUT2D eigenvalue weighted by molar-refractivity contribution is -0.0202. The number of likely N-dealkylation sites (tertiary alicyclic amines) is 1. The van der Waals surface area contributed by atoms with Crippen molar-refractivity contribution in [2.75, 3.05) is 20.2 Å². The largest absolute Gasteiger partial charge is 0.379 e. The molecule has 3 heteroatoms. The lowest BCUT2D eigenvalue weighted by atomic mass is 9.91. The van der Waals surface area contributed by atoms with Crippen molar-refractivity contribution in [2.24, 2.45) is 5.73 Å². The van der Waals surface area contributed by atoms with E-state index in [1.165, 1.54) is 38.6 Å². The van der Waals surface area contributed by atoms with Crippen LogP contribution in [0.15, 0.2) is 0 Å². The van der Waals surface area contributed by atoms with Crippen molar-refractivity contribution in [1.29, 1.82) is 0 Å². The number of ether oxygens (including phenoxy) is 1. The Balaban J connectivity index is 2.65. The highest BCUT2D eigenvalue weighted by atomic mass is 16.5. The van der Waals surface area contributed by atoms with Gasteiger partial charge in [0.1, 0.15) is 0 Å². The first-order valence-electron chi connectivity index (χ1n) is 7.55. The van der Waals surface area contributed by atoms with Crippen molar-refractivity contribution in [2.45, 2.75) is 77.0 Å². The van der Waals surface area contributed by atoms with E-state index in [9.17, 15) is 0 Å². The fourth-order valence-electron chi connectivity index (χ4n) is 3.13. The third-order valence-electron chi connectivity index (χ3n) is 4.32. The van der Waals surface area contributed by atoms with Crippen LogP contribution in [0.3, 0.4) is 0 Å². The van der Waals surface area contributed by atoms with Gasteiger partial charge in [0.15, 0.2) is 0 Å². The molecule has 1 saturated heterocycles. The van der Waals surface area contributed by atoms with E-state index < -0.39 is 0 Å². The summed E-state index contributed by atoms with van der Waals surface area (Å²) in [6.07, 6.45) is 7.66. The first kappa shape index (κ1) is 15.9. The Hall–Kier alpha value is -0.120. The van der Waals surface area contributed by atoms with Gasteiger partial charge < -0.3 is 10.5 Å². The number of nitrogens with zero attached hydrogens (tertiary/aromatic N) is 1. The highest BCUT2D eigenvalue weighted by molar-refractivity contribution is 4.87. The van der Waals surface area contributed by atoms with Crippen molar-refractivity contribution in [3.05, 3.63) is 0 Å². The Kier molecular flexibility index (Phi) is 6.61. The highest BCUT2D eigenvalue weighted by Gasteiger charge is 2.31. The number of nitrogens with two attached hydrogens (primary N) is 1. The molecule has 18 heavy (non-hydrogen) atoms. The Morgan fingerprint density at radius 1 is 1.39 bits per heavy atom. The topological polar surface area (TPSA) is 38.5 Å². The van der Waals surface area contributed by atoms with Crippen LogP contribution in [-0.2, 0) is 4.74 Å². The van der Waals surface area contributed by atoms with Gasteiger partial charge in [-0.05, 0) is 46.1 Å². The smallest absolute Gasteiger partial charge is 0.0638 e. The summed E-state index contributed by atoms with van der Waals surface area (Å²) < 4.78 is 5.57. The molecule has 0 saturated carbocycles. The molecule has 0 amide bonds. The molecule has 1 rings (SSSR count). The molecule has 0 spiro atoms. The molecular formula is C15H32N2O. The summed E-state index contributed by atoms with van der Waals surface area (Å²) >= 11 is 0. The average Bonchev–Trinajstić information content (AvgIpc) is 2.37.